The average Bonchev–Trinajstić information content (AvgIpc) is 2.66. The first-order valence-electron chi connectivity index (χ1n) is 9.27. The van der Waals surface area contributed by atoms with Gasteiger partial charge in [-0.05, 0) is 37.9 Å². The largest absolute Gasteiger partial charge is 0.507 e. The summed E-state index contributed by atoms with van der Waals surface area (Å²) in [4.78, 5) is 36.1. The molecule has 0 spiro atoms. The Balaban J connectivity index is 2.17. The molecule has 0 saturated heterocycles. The SMILES string of the molecule is CCOC(=O)C(CCN)N[C@@H](C)C(=O)C1NC(OC(=O)O)Cc2ccccc21. The highest BCUT2D eigenvalue weighted by atomic mass is 16.7. The van der Waals surface area contributed by atoms with E-state index < -0.39 is 36.5 Å². The van der Waals surface area contributed by atoms with Gasteiger partial charge in [0.1, 0.15) is 6.04 Å². The Morgan fingerprint density at radius 1 is 1.36 bits per heavy atom. The molecule has 0 radical (unpaired) electrons. The molecule has 28 heavy (non-hydrogen) atoms. The number of fused-ring (bicyclic) bond motifs is 1. The summed E-state index contributed by atoms with van der Waals surface area (Å²) in [5.41, 5.74) is 7.17. The average molecular weight is 393 g/mol. The molecule has 5 N–H and O–H groups in total. The molecule has 0 aliphatic carbocycles. The first-order chi connectivity index (χ1) is 13.4. The van der Waals surface area contributed by atoms with Gasteiger partial charge >= 0.3 is 12.1 Å². The predicted octanol–water partition coefficient (Wildman–Crippen LogP) is 0.722. The van der Waals surface area contributed by atoms with E-state index in [-0.39, 0.29) is 18.9 Å². The molecule has 0 amide bonds. The molecule has 9 nitrogen and oxygen atoms in total. The van der Waals surface area contributed by atoms with Crippen molar-refractivity contribution in [1.82, 2.24) is 10.6 Å². The molecule has 4 atom stereocenters. The number of Topliss-reactive ketones (excluding diaryl/α,β-unsaturated/α-hetero) is 1. The van der Waals surface area contributed by atoms with E-state index in [2.05, 4.69) is 10.6 Å². The summed E-state index contributed by atoms with van der Waals surface area (Å²) >= 11 is 0. The second kappa shape index (κ2) is 10.2. The van der Waals surface area contributed by atoms with E-state index in [1.165, 1.54) is 0 Å². The van der Waals surface area contributed by atoms with Crippen LogP contribution in [-0.2, 0) is 25.5 Å². The smallest absolute Gasteiger partial charge is 0.465 e. The van der Waals surface area contributed by atoms with Crippen LogP contribution in [0, 0.1) is 0 Å². The predicted molar refractivity (Wildman–Crippen MR) is 101 cm³/mol. The fourth-order valence-electron chi connectivity index (χ4n) is 3.28. The third-order valence-electron chi connectivity index (χ3n) is 4.56. The van der Waals surface area contributed by atoms with Crippen molar-refractivity contribution < 1.29 is 29.0 Å². The van der Waals surface area contributed by atoms with Crippen molar-refractivity contribution in [2.24, 2.45) is 5.73 Å². The van der Waals surface area contributed by atoms with Gasteiger partial charge in [-0.15, -0.1) is 0 Å². The summed E-state index contributed by atoms with van der Waals surface area (Å²) in [7, 11) is 0. The highest BCUT2D eigenvalue weighted by Crippen LogP contribution is 2.27. The Kier molecular flexibility index (Phi) is 7.91. The maximum atomic E-state index is 13.1. The molecule has 1 aliphatic heterocycles. The number of esters is 1. The summed E-state index contributed by atoms with van der Waals surface area (Å²) in [5.74, 6) is -0.700. The number of hydrogen-bond donors (Lipinski definition) is 4. The Morgan fingerprint density at radius 2 is 2.07 bits per heavy atom. The molecule has 0 saturated carbocycles. The number of ether oxygens (including phenoxy) is 2. The molecule has 1 heterocycles. The van der Waals surface area contributed by atoms with E-state index >= 15 is 0 Å². The van der Waals surface area contributed by atoms with Gasteiger partial charge in [0.15, 0.2) is 12.0 Å². The normalized spacial score (nSPS) is 20.5. The van der Waals surface area contributed by atoms with Crippen LogP contribution in [0.3, 0.4) is 0 Å². The fourth-order valence-corrected chi connectivity index (χ4v) is 3.28. The zero-order valence-electron chi connectivity index (χ0n) is 16.0. The quantitative estimate of drug-likeness (QED) is 0.447. The Morgan fingerprint density at radius 3 is 2.71 bits per heavy atom. The van der Waals surface area contributed by atoms with Crippen molar-refractivity contribution in [2.75, 3.05) is 13.2 Å². The van der Waals surface area contributed by atoms with E-state index in [9.17, 15) is 14.4 Å². The van der Waals surface area contributed by atoms with Crippen molar-refractivity contribution in [3.8, 4) is 0 Å². The van der Waals surface area contributed by atoms with Crippen LogP contribution in [-0.4, -0.2) is 54.5 Å². The summed E-state index contributed by atoms with van der Waals surface area (Å²) in [5, 5.41) is 14.8. The maximum Gasteiger partial charge on any atom is 0.507 e. The number of carbonyl (C=O) groups excluding carboxylic acids is 2. The second-order valence-electron chi connectivity index (χ2n) is 6.55. The zero-order chi connectivity index (χ0) is 20.7. The van der Waals surface area contributed by atoms with Crippen LogP contribution < -0.4 is 16.4 Å². The van der Waals surface area contributed by atoms with Gasteiger partial charge in [-0.3, -0.25) is 20.2 Å². The van der Waals surface area contributed by atoms with Gasteiger partial charge in [-0.2, -0.15) is 0 Å². The van der Waals surface area contributed by atoms with Crippen LogP contribution >= 0.6 is 0 Å². The molecule has 0 aromatic heterocycles. The van der Waals surface area contributed by atoms with Crippen LogP contribution in [0.2, 0.25) is 0 Å². The van der Waals surface area contributed by atoms with Crippen molar-refractivity contribution in [2.45, 2.75) is 51.0 Å². The van der Waals surface area contributed by atoms with Gasteiger partial charge in [-0.1, -0.05) is 24.3 Å². The van der Waals surface area contributed by atoms with Crippen molar-refractivity contribution in [3.63, 3.8) is 0 Å². The third kappa shape index (κ3) is 5.51. The molecule has 3 unspecified atom stereocenters. The maximum absolute atomic E-state index is 13.1. The molecule has 154 valence electrons. The van der Waals surface area contributed by atoms with Crippen molar-refractivity contribution in [3.05, 3.63) is 35.4 Å². The van der Waals surface area contributed by atoms with E-state index in [0.717, 1.165) is 11.1 Å². The summed E-state index contributed by atoms with van der Waals surface area (Å²) in [6, 6.07) is 5.12. The van der Waals surface area contributed by atoms with Crippen LogP contribution in [0.5, 0.6) is 0 Å². The molecule has 1 aromatic carbocycles. The number of carboxylic acid groups (broad SMARTS) is 1. The minimum atomic E-state index is -1.42. The van der Waals surface area contributed by atoms with Crippen LogP contribution in [0.25, 0.3) is 0 Å². The first kappa shape index (κ1) is 21.8. The van der Waals surface area contributed by atoms with Gasteiger partial charge in [0.2, 0.25) is 0 Å². The Labute approximate surface area is 163 Å². The number of benzene rings is 1. The molecular weight excluding hydrogens is 366 g/mol. The van der Waals surface area contributed by atoms with E-state index in [0.29, 0.717) is 12.8 Å². The minimum Gasteiger partial charge on any atom is -0.465 e. The molecule has 1 aliphatic rings. The second-order valence-corrected chi connectivity index (χ2v) is 6.55. The van der Waals surface area contributed by atoms with Crippen molar-refractivity contribution in [1.29, 1.82) is 0 Å². The molecule has 2 rings (SSSR count). The number of nitrogens with two attached hydrogens (primary N) is 1. The number of ketones is 1. The molecule has 0 bridgehead atoms. The fraction of sp³-hybridized carbons (Fsp3) is 0.526. The molecular formula is C19H27N3O6. The first-order valence-corrected chi connectivity index (χ1v) is 9.27. The molecule has 0 fully saturated rings. The lowest BCUT2D eigenvalue weighted by Crippen LogP contribution is -2.53. The van der Waals surface area contributed by atoms with Gasteiger partial charge in [0, 0.05) is 6.42 Å². The zero-order valence-corrected chi connectivity index (χ0v) is 16.0. The molecule has 9 heteroatoms. The van der Waals surface area contributed by atoms with E-state index in [4.69, 9.17) is 20.3 Å². The van der Waals surface area contributed by atoms with Crippen molar-refractivity contribution >= 4 is 17.9 Å². The number of rotatable bonds is 9. The third-order valence-corrected chi connectivity index (χ3v) is 4.56. The summed E-state index contributed by atoms with van der Waals surface area (Å²) in [6.07, 6.45) is -1.60. The van der Waals surface area contributed by atoms with Gasteiger partial charge in [0.05, 0.1) is 18.7 Å². The van der Waals surface area contributed by atoms with Crippen LogP contribution in [0.1, 0.15) is 37.4 Å². The van der Waals surface area contributed by atoms with Crippen LogP contribution in [0.4, 0.5) is 4.79 Å². The van der Waals surface area contributed by atoms with Gasteiger partial charge in [0.25, 0.3) is 0 Å². The summed E-state index contributed by atoms with van der Waals surface area (Å²) in [6.45, 7) is 3.85. The van der Waals surface area contributed by atoms with Gasteiger partial charge < -0.3 is 20.3 Å². The Hall–Kier alpha value is -2.49. The highest BCUT2D eigenvalue weighted by Gasteiger charge is 2.35. The number of carbonyl (C=O) groups is 3. The lowest BCUT2D eigenvalue weighted by atomic mass is 9.89. The van der Waals surface area contributed by atoms with Gasteiger partial charge in [-0.25, -0.2) is 4.79 Å². The topological polar surface area (TPSA) is 140 Å². The minimum absolute atomic E-state index is 0.232. The standard InChI is InChI=1S/C19H27N3O6/c1-3-27-18(24)14(8-9-20)21-11(2)17(23)16-13-7-5-4-6-12(13)10-15(22-16)28-19(25)26/h4-7,11,14-16,21-22H,3,8-10,20H2,1-2H3,(H,25,26)/t11-,14?,15?,16?/m0/s1. The highest BCUT2D eigenvalue weighted by molar-refractivity contribution is 5.91. The number of hydrogen-bond acceptors (Lipinski definition) is 8. The van der Waals surface area contributed by atoms with Crippen LogP contribution in [0.15, 0.2) is 24.3 Å². The monoisotopic (exact) mass is 393 g/mol. The number of nitrogens with one attached hydrogen (secondary N) is 2. The van der Waals surface area contributed by atoms with E-state index in [1.54, 1.807) is 13.8 Å². The lowest BCUT2D eigenvalue weighted by molar-refractivity contribution is -0.146. The lowest BCUT2D eigenvalue weighted by Gasteiger charge is -2.33. The molecule has 1 aromatic rings. The summed E-state index contributed by atoms with van der Waals surface area (Å²) < 4.78 is 9.87. The van der Waals surface area contributed by atoms with E-state index in [1.807, 2.05) is 24.3 Å². The Bertz CT molecular complexity index is 711.